The first-order valence-corrected chi connectivity index (χ1v) is 10.1. The summed E-state index contributed by atoms with van der Waals surface area (Å²) in [7, 11) is 1.66. The van der Waals surface area contributed by atoms with Crippen molar-refractivity contribution in [3.8, 4) is 5.75 Å². The van der Waals surface area contributed by atoms with Gasteiger partial charge in [-0.2, -0.15) is 0 Å². The lowest BCUT2D eigenvalue weighted by atomic mass is 9.98. The van der Waals surface area contributed by atoms with Crippen molar-refractivity contribution in [1.82, 2.24) is 10.2 Å². The van der Waals surface area contributed by atoms with Crippen LogP contribution in [0.4, 0.5) is 0 Å². The number of piperidine rings is 1. The third-order valence-electron chi connectivity index (χ3n) is 4.57. The van der Waals surface area contributed by atoms with Gasteiger partial charge in [0.15, 0.2) is 5.96 Å². The number of carbonyl (C=O) groups is 1. The third kappa shape index (κ3) is 7.03. The van der Waals surface area contributed by atoms with E-state index in [1.165, 1.54) is 0 Å². The molecule has 2 rings (SSSR count). The van der Waals surface area contributed by atoms with Crippen LogP contribution in [0.3, 0.4) is 0 Å². The first-order valence-electron chi connectivity index (χ1n) is 10.1. The van der Waals surface area contributed by atoms with Gasteiger partial charge in [-0.3, -0.25) is 4.79 Å². The van der Waals surface area contributed by atoms with Gasteiger partial charge < -0.3 is 24.4 Å². The summed E-state index contributed by atoms with van der Waals surface area (Å²) in [4.78, 5) is 19.0. The van der Waals surface area contributed by atoms with E-state index in [0.717, 1.165) is 43.2 Å². The highest BCUT2D eigenvalue weighted by atomic mass is 16.5. The number of aliphatic imine (C=N–C) groups is 1. The molecule has 0 saturated carbocycles. The second kappa shape index (κ2) is 12.2. The number of hydrogen-bond acceptors (Lipinski definition) is 5. The quantitative estimate of drug-likeness (QED) is 0.302. The second-order valence-corrected chi connectivity index (χ2v) is 6.69. The molecule has 1 aromatic rings. The van der Waals surface area contributed by atoms with Gasteiger partial charge in [0.25, 0.3) is 0 Å². The Morgan fingerprint density at radius 3 is 2.71 bits per heavy atom. The topological polar surface area (TPSA) is 72.4 Å². The van der Waals surface area contributed by atoms with Crippen LogP contribution in [0.25, 0.3) is 0 Å². The molecule has 28 heavy (non-hydrogen) atoms. The van der Waals surface area contributed by atoms with Crippen LogP contribution in [0, 0.1) is 5.92 Å². The van der Waals surface area contributed by atoms with E-state index in [4.69, 9.17) is 19.2 Å². The lowest BCUT2D eigenvalue weighted by molar-refractivity contribution is -0.149. The molecule has 0 bridgehead atoms. The van der Waals surface area contributed by atoms with Gasteiger partial charge in [0.2, 0.25) is 0 Å². The average Bonchev–Trinajstić information content (AvgIpc) is 2.72. The molecule has 1 fully saturated rings. The highest BCUT2D eigenvalue weighted by Gasteiger charge is 2.28. The van der Waals surface area contributed by atoms with Crippen molar-refractivity contribution in [2.75, 3.05) is 46.6 Å². The summed E-state index contributed by atoms with van der Waals surface area (Å²) in [5.41, 5.74) is 1.11. The maximum absolute atomic E-state index is 12.1. The van der Waals surface area contributed by atoms with Crippen LogP contribution < -0.4 is 10.1 Å². The molecule has 0 aliphatic carbocycles. The maximum Gasteiger partial charge on any atom is 0.310 e. The zero-order valence-corrected chi connectivity index (χ0v) is 17.3. The number of benzene rings is 1. The van der Waals surface area contributed by atoms with E-state index in [1.807, 2.05) is 31.2 Å². The predicted molar refractivity (Wildman–Crippen MR) is 110 cm³/mol. The summed E-state index contributed by atoms with van der Waals surface area (Å²) >= 11 is 0. The largest absolute Gasteiger partial charge is 0.491 e. The zero-order valence-electron chi connectivity index (χ0n) is 17.3. The van der Waals surface area contributed by atoms with E-state index in [9.17, 15) is 4.79 Å². The van der Waals surface area contributed by atoms with E-state index in [2.05, 4.69) is 17.1 Å². The average molecular weight is 392 g/mol. The fourth-order valence-electron chi connectivity index (χ4n) is 3.15. The summed E-state index contributed by atoms with van der Waals surface area (Å²) in [5.74, 6) is 1.48. The molecule has 0 spiro atoms. The van der Waals surface area contributed by atoms with Crippen molar-refractivity contribution in [2.24, 2.45) is 10.9 Å². The van der Waals surface area contributed by atoms with E-state index in [-0.39, 0.29) is 11.9 Å². The molecule has 1 saturated heterocycles. The van der Waals surface area contributed by atoms with E-state index in [0.29, 0.717) is 32.9 Å². The fraction of sp³-hybridized carbons (Fsp3) is 0.619. The molecule has 1 aliphatic heterocycles. The number of guanidine groups is 1. The molecule has 7 heteroatoms. The fourth-order valence-corrected chi connectivity index (χ4v) is 3.15. The van der Waals surface area contributed by atoms with Gasteiger partial charge in [0.1, 0.15) is 12.4 Å². The lowest BCUT2D eigenvalue weighted by Gasteiger charge is -2.34. The Labute approximate surface area is 168 Å². The van der Waals surface area contributed by atoms with Crippen LogP contribution in [-0.2, 0) is 20.8 Å². The van der Waals surface area contributed by atoms with Crippen LogP contribution in [0.15, 0.2) is 29.3 Å². The lowest BCUT2D eigenvalue weighted by Crippen LogP contribution is -2.48. The van der Waals surface area contributed by atoms with Crippen LogP contribution in [0.1, 0.15) is 32.3 Å². The first-order chi connectivity index (χ1) is 13.7. The molecule has 1 aromatic carbocycles. The van der Waals surface area contributed by atoms with Gasteiger partial charge in [-0.25, -0.2) is 4.99 Å². The minimum Gasteiger partial charge on any atom is -0.491 e. The number of ether oxygens (including phenoxy) is 3. The second-order valence-electron chi connectivity index (χ2n) is 6.69. The number of methoxy groups -OCH3 is 1. The molecule has 1 aliphatic rings. The van der Waals surface area contributed by atoms with Crippen molar-refractivity contribution in [2.45, 2.75) is 33.2 Å². The standard InChI is InChI=1S/C21H33N3O4/c1-4-22-21(24-12-6-7-18(16-24)20(25)27-5-2)23-15-17-8-10-19(11-9-17)28-14-13-26-3/h8-11,18H,4-7,12-16H2,1-3H3,(H,22,23). The highest BCUT2D eigenvalue weighted by Crippen LogP contribution is 2.19. The van der Waals surface area contributed by atoms with Gasteiger partial charge in [0.05, 0.1) is 25.7 Å². The number of nitrogens with one attached hydrogen (secondary N) is 1. The van der Waals surface area contributed by atoms with Gasteiger partial charge in [-0.05, 0) is 44.4 Å². The van der Waals surface area contributed by atoms with Crippen LogP contribution >= 0.6 is 0 Å². The van der Waals surface area contributed by atoms with Crippen molar-refractivity contribution in [3.63, 3.8) is 0 Å². The third-order valence-corrected chi connectivity index (χ3v) is 4.57. The molecule has 0 aromatic heterocycles. The Balaban J connectivity index is 1.96. The Morgan fingerprint density at radius 1 is 1.25 bits per heavy atom. The molecular formula is C21H33N3O4. The molecule has 1 heterocycles. The molecule has 0 amide bonds. The Bertz CT molecular complexity index is 619. The van der Waals surface area contributed by atoms with E-state index in [1.54, 1.807) is 7.11 Å². The van der Waals surface area contributed by atoms with Crippen molar-refractivity contribution < 1.29 is 19.0 Å². The molecule has 7 nitrogen and oxygen atoms in total. The minimum atomic E-state index is -0.105. The molecule has 1 atom stereocenters. The molecule has 1 unspecified atom stereocenters. The predicted octanol–water partition coefficient (Wildman–Crippen LogP) is 2.45. The van der Waals surface area contributed by atoms with Gasteiger partial charge in [-0.15, -0.1) is 0 Å². The normalized spacial score (nSPS) is 17.3. The van der Waals surface area contributed by atoms with Crippen molar-refractivity contribution in [1.29, 1.82) is 0 Å². The number of nitrogens with zero attached hydrogens (tertiary/aromatic N) is 2. The number of carbonyl (C=O) groups excluding carboxylic acids is 1. The number of hydrogen-bond donors (Lipinski definition) is 1. The number of likely N-dealkylation sites (tertiary alicyclic amines) is 1. The Kier molecular flexibility index (Phi) is 9.62. The van der Waals surface area contributed by atoms with E-state index >= 15 is 0 Å². The molecule has 1 N–H and O–H groups in total. The molecule has 156 valence electrons. The summed E-state index contributed by atoms with van der Waals surface area (Å²) < 4.78 is 15.8. The zero-order chi connectivity index (χ0) is 20.2. The SMILES string of the molecule is CCNC(=NCc1ccc(OCCOC)cc1)N1CCCC(C(=O)OCC)C1. The van der Waals surface area contributed by atoms with Crippen LogP contribution in [0.2, 0.25) is 0 Å². The monoisotopic (exact) mass is 391 g/mol. The molecule has 0 radical (unpaired) electrons. The summed E-state index contributed by atoms with van der Waals surface area (Å²) in [6, 6.07) is 7.94. The Morgan fingerprint density at radius 2 is 2.04 bits per heavy atom. The van der Waals surface area contributed by atoms with Gasteiger partial charge in [0, 0.05) is 26.7 Å². The van der Waals surface area contributed by atoms with Gasteiger partial charge in [-0.1, -0.05) is 12.1 Å². The summed E-state index contributed by atoms with van der Waals surface area (Å²) in [5, 5.41) is 3.35. The highest BCUT2D eigenvalue weighted by molar-refractivity contribution is 5.81. The minimum absolute atomic E-state index is 0.0823. The van der Waals surface area contributed by atoms with Crippen molar-refractivity contribution in [3.05, 3.63) is 29.8 Å². The summed E-state index contributed by atoms with van der Waals surface area (Å²) in [6.07, 6.45) is 1.83. The van der Waals surface area contributed by atoms with Gasteiger partial charge >= 0.3 is 5.97 Å². The van der Waals surface area contributed by atoms with Crippen LogP contribution in [0.5, 0.6) is 5.75 Å². The van der Waals surface area contributed by atoms with Crippen molar-refractivity contribution >= 4 is 11.9 Å². The Hall–Kier alpha value is -2.28. The molecular weight excluding hydrogens is 358 g/mol. The maximum atomic E-state index is 12.1. The summed E-state index contributed by atoms with van der Waals surface area (Å²) in [6.45, 7) is 8.33. The number of esters is 1. The van der Waals surface area contributed by atoms with Crippen LogP contribution in [-0.4, -0.2) is 63.4 Å². The smallest absolute Gasteiger partial charge is 0.310 e. The first kappa shape index (κ1) is 22.0. The number of rotatable bonds is 9. The van der Waals surface area contributed by atoms with E-state index < -0.39 is 0 Å².